The summed E-state index contributed by atoms with van der Waals surface area (Å²) in [5.74, 6) is -0.0971. The van der Waals surface area contributed by atoms with E-state index in [1.807, 2.05) is 18.2 Å². The number of piperidine rings is 1. The average Bonchev–Trinajstić information content (AvgIpc) is 2.72. The van der Waals surface area contributed by atoms with Gasteiger partial charge < -0.3 is 4.74 Å². The number of benzene rings is 1. The number of halogens is 2. The van der Waals surface area contributed by atoms with E-state index in [0.717, 1.165) is 24.8 Å². The van der Waals surface area contributed by atoms with Crippen LogP contribution in [0.25, 0.3) is 0 Å². The minimum atomic E-state index is -0.129. The van der Waals surface area contributed by atoms with E-state index in [-0.39, 0.29) is 23.8 Å². The number of nitrogens with zero attached hydrogens (tertiary/aromatic N) is 1. The lowest BCUT2D eigenvalue weighted by Crippen LogP contribution is -2.49. The Balaban J connectivity index is 1.98. The van der Waals surface area contributed by atoms with Gasteiger partial charge in [0.25, 0.3) is 0 Å². The zero-order chi connectivity index (χ0) is 15.1. The van der Waals surface area contributed by atoms with Gasteiger partial charge in [0.05, 0.1) is 23.1 Å². The number of ether oxygens (including phenoxy) is 1. The monoisotopic (exact) mass is 327 g/mol. The second kappa shape index (κ2) is 5.79. The van der Waals surface area contributed by atoms with Crippen molar-refractivity contribution < 1.29 is 9.53 Å². The predicted molar refractivity (Wildman–Crippen MR) is 83.9 cm³/mol. The van der Waals surface area contributed by atoms with Crippen molar-refractivity contribution in [1.82, 2.24) is 4.90 Å². The largest absolute Gasteiger partial charge is 0.469 e. The van der Waals surface area contributed by atoms with Gasteiger partial charge in [0, 0.05) is 18.0 Å². The summed E-state index contributed by atoms with van der Waals surface area (Å²) in [5, 5.41) is 1.09. The summed E-state index contributed by atoms with van der Waals surface area (Å²) < 4.78 is 5.07. The van der Waals surface area contributed by atoms with Crippen LogP contribution in [0.2, 0.25) is 10.0 Å². The molecule has 0 spiro atoms. The van der Waals surface area contributed by atoms with Gasteiger partial charge in [-0.05, 0) is 44.0 Å². The first-order valence-electron chi connectivity index (χ1n) is 7.27. The fraction of sp³-hybridized carbons (Fsp3) is 0.562. The van der Waals surface area contributed by atoms with Crippen LogP contribution in [-0.2, 0) is 9.53 Å². The summed E-state index contributed by atoms with van der Waals surface area (Å²) in [4.78, 5) is 14.7. The molecule has 2 bridgehead atoms. The van der Waals surface area contributed by atoms with Gasteiger partial charge in [0.15, 0.2) is 0 Å². The highest BCUT2D eigenvalue weighted by Gasteiger charge is 2.49. The number of fused-ring (bicyclic) bond motifs is 2. The molecule has 2 fully saturated rings. The molecule has 0 radical (unpaired) electrons. The van der Waals surface area contributed by atoms with Crippen LogP contribution in [0.3, 0.4) is 0 Å². The van der Waals surface area contributed by atoms with Crippen molar-refractivity contribution in [2.45, 2.75) is 37.3 Å². The molecule has 0 N–H and O–H groups in total. The first kappa shape index (κ1) is 15.1. The summed E-state index contributed by atoms with van der Waals surface area (Å²) in [6.45, 7) is 0. The van der Waals surface area contributed by atoms with Gasteiger partial charge in [-0.1, -0.05) is 29.3 Å². The Morgan fingerprint density at radius 1 is 1.29 bits per heavy atom. The van der Waals surface area contributed by atoms with E-state index in [4.69, 9.17) is 27.9 Å². The van der Waals surface area contributed by atoms with Crippen LogP contribution in [0.1, 0.15) is 30.7 Å². The molecule has 2 saturated heterocycles. The molecular formula is C16H19Cl2NO2. The predicted octanol–water partition coefficient (Wildman–Crippen LogP) is 3.73. The molecule has 0 unspecified atom stereocenters. The van der Waals surface area contributed by atoms with Crippen LogP contribution in [0, 0.1) is 5.92 Å². The maximum absolute atomic E-state index is 12.3. The van der Waals surface area contributed by atoms with Crippen molar-refractivity contribution in [3.05, 3.63) is 33.8 Å². The number of hydrogen-bond donors (Lipinski definition) is 0. The van der Waals surface area contributed by atoms with Crippen molar-refractivity contribution >= 4 is 29.2 Å². The Morgan fingerprint density at radius 2 is 2.05 bits per heavy atom. The van der Waals surface area contributed by atoms with Gasteiger partial charge >= 0.3 is 5.97 Å². The molecule has 0 saturated carbocycles. The molecule has 0 aromatic heterocycles. The third kappa shape index (κ3) is 2.56. The van der Waals surface area contributed by atoms with E-state index in [9.17, 15) is 4.79 Å². The molecule has 5 heteroatoms. The smallest absolute Gasteiger partial charge is 0.310 e. The minimum Gasteiger partial charge on any atom is -0.469 e. The summed E-state index contributed by atoms with van der Waals surface area (Å²) in [5.41, 5.74) is 1.09. The number of methoxy groups -OCH3 is 1. The number of rotatable bonds is 2. The average molecular weight is 328 g/mol. The summed E-state index contributed by atoms with van der Waals surface area (Å²) >= 11 is 12.2. The van der Waals surface area contributed by atoms with Crippen molar-refractivity contribution in [2.24, 2.45) is 5.92 Å². The van der Waals surface area contributed by atoms with E-state index >= 15 is 0 Å². The van der Waals surface area contributed by atoms with E-state index < -0.39 is 0 Å². The minimum absolute atomic E-state index is 0.122. The van der Waals surface area contributed by atoms with E-state index in [2.05, 4.69) is 11.9 Å². The Bertz CT molecular complexity index is 563. The Kier molecular flexibility index (Phi) is 4.17. The van der Waals surface area contributed by atoms with Crippen LogP contribution in [-0.4, -0.2) is 37.1 Å². The molecule has 2 aliphatic rings. The highest BCUT2D eigenvalue weighted by molar-refractivity contribution is 6.42. The molecule has 114 valence electrons. The topological polar surface area (TPSA) is 29.5 Å². The van der Waals surface area contributed by atoms with Crippen molar-refractivity contribution in [2.75, 3.05) is 14.2 Å². The lowest BCUT2D eigenvalue weighted by molar-refractivity contribution is -0.150. The number of esters is 1. The van der Waals surface area contributed by atoms with Crippen molar-refractivity contribution in [1.29, 1.82) is 0 Å². The zero-order valence-electron chi connectivity index (χ0n) is 12.2. The van der Waals surface area contributed by atoms with Gasteiger partial charge in [0.2, 0.25) is 0 Å². The molecule has 1 aromatic carbocycles. The van der Waals surface area contributed by atoms with E-state index in [0.29, 0.717) is 16.1 Å². The van der Waals surface area contributed by atoms with Crippen LogP contribution in [0.15, 0.2) is 18.2 Å². The third-order valence-electron chi connectivity index (χ3n) is 5.11. The molecule has 4 atom stereocenters. The second-order valence-corrected chi connectivity index (χ2v) is 6.84. The number of hydrogen-bond acceptors (Lipinski definition) is 3. The summed E-state index contributed by atoms with van der Waals surface area (Å²) in [6, 6.07) is 6.49. The van der Waals surface area contributed by atoms with Crippen LogP contribution < -0.4 is 0 Å². The molecule has 2 heterocycles. The molecule has 21 heavy (non-hydrogen) atoms. The number of carbonyl (C=O) groups excluding carboxylic acids is 1. The van der Waals surface area contributed by atoms with Gasteiger partial charge in [-0.3, -0.25) is 9.69 Å². The lowest BCUT2D eigenvalue weighted by atomic mass is 9.76. The third-order valence-corrected chi connectivity index (χ3v) is 5.85. The van der Waals surface area contributed by atoms with Crippen molar-refractivity contribution in [3.8, 4) is 0 Å². The maximum Gasteiger partial charge on any atom is 0.310 e. The summed E-state index contributed by atoms with van der Waals surface area (Å²) in [6.07, 6.45) is 3.16. The first-order valence-corrected chi connectivity index (χ1v) is 8.03. The van der Waals surface area contributed by atoms with E-state index in [1.54, 1.807) is 0 Å². The van der Waals surface area contributed by atoms with E-state index in [1.165, 1.54) is 7.11 Å². The fourth-order valence-electron chi connectivity index (χ4n) is 4.01. The van der Waals surface area contributed by atoms with Crippen LogP contribution in [0.4, 0.5) is 0 Å². The Labute approximate surface area is 135 Å². The molecule has 3 rings (SSSR count). The summed E-state index contributed by atoms with van der Waals surface area (Å²) in [7, 11) is 3.58. The van der Waals surface area contributed by atoms with Crippen LogP contribution >= 0.6 is 23.2 Å². The normalized spacial score (nSPS) is 32.2. The zero-order valence-corrected chi connectivity index (χ0v) is 13.7. The molecule has 1 aromatic rings. The quantitative estimate of drug-likeness (QED) is 0.775. The molecule has 0 amide bonds. The highest BCUT2D eigenvalue weighted by Crippen LogP contribution is 2.47. The van der Waals surface area contributed by atoms with Gasteiger partial charge in [0.1, 0.15) is 0 Å². The molecule has 0 aliphatic carbocycles. The maximum atomic E-state index is 12.3. The Hall–Kier alpha value is -0.770. The van der Waals surface area contributed by atoms with Crippen LogP contribution in [0.5, 0.6) is 0 Å². The highest BCUT2D eigenvalue weighted by atomic mass is 35.5. The van der Waals surface area contributed by atoms with Gasteiger partial charge in [-0.25, -0.2) is 0 Å². The number of carbonyl (C=O) groups is 1. The SMILES string of the molecule is COC(=O)[C@H]1[C@@H](c2ccc(Cl)c(Cl)c2)C[C@@H]2CC[C@H]1N2C. The Morgan fingerprint density at radius 3 is 2.71 bits per heavy atom. The fourth-order valence-corrected chi connectivity index (χ4v) is 4.32. The van der Waals surface area contributed by atoms with Crippen molar-refractivity contribution in [3.63, 3.8) is 0 Å². The van der Waals surface area contributed by atoms with Gasteiger partial charge in [-0.2, -0.15) is 0 Å². The molecular weight excluding hydrogens is 309 g/mol. The molecule has 2 aliphatic heterocycles. The second-order valence-electron chi connectivity index (χ2n) is 6.03. The lowest BCUT2D eigenvalue weighted by Gasteiger charge is -2.41. The van der Waals surface area contributed by atoms with Gasteiger partial charge in [-0.15, -0.1) is 0 Å². The molecule has 3 nitrogen and oxygen atoms in total. The standard InChI is InChI=1S/C16H19Cl2NO2/c1-19-10-4-6-14(19)15(16(20)21-2)11(8-10)9-3-5-12(17)13(18)7-9/h3,5,7,10-11,14-15H,4,6,8H2,1-2H3/t10-,11+,14+,15-/m0/s1. The first-order chi connectivity index (χ1) is 10.0.